The summed E-state index contributed by atoms with van der Waals surface area (Å²) in [6.07, 6.45) is -1.52. The highest BCUT2D eigenvalue weighted by Crippen LogP contribution is 2.33. The predicted octanol–water partition coefficient (Wildman–Crippen LogP) is 2.48. The van der Waals surface area contributed by atoms with Crippen LogP contribution in [-0.4, -0.2) is 24.7 Å². The molecule has 1 aromatic heterocycles. The van der Waals surface area contributed by atoms with Gasteiger partial charge in [0.1, 0.15) is 6.10 Å². The second-order valence-electron chi connectivity index (χ2n) is 4.52. The van der Waals surface area contributed by atoms with Gasteiger partial charge in [0.05, 0.1) is 5.56 Å². The summed E-state index contributed by atoms with van der Waals surface area (Å²) in [5.41, 5.74) is -0.724. The third-order valence-electron chi connectivity index (χ3n) is 3.03. The van der Waals surface area contributed by atoms with Crippen LogP contribution in [0.15, 0.2) is 18.3 Å². The first-order valence-corrected chi connectivity index (χ1v) is 5.83. The van der Waals surface area contributed by atoms with E-state index in [4.69, 9.17) is 4.74 Å². The second-order valence-corrected chi connectivity index (χ2v) is 4.52. The maximum Gasteiger partial charge on any atom is 0.416 e. The Kier molecular flexibility index (Phi) is 3.75. The van der Waals surface area contributed by atoms with Gasteiger partial charge in [-0.1, -0.05) is 0 Å². The Morgan fingerprint density at radius 3 is 2.78 bits per heavy atom. The lowest BCUT2D eigenvalue weighted by molar-refractivity contribution is -0.137. The van der Waals surface area contributed by atoms with Gasteiger partial charge in [0.15, 0.2) is 0 Å². The molecular formula is C12H15F3N2O. The number of halogens is 3. The van der Waals surface area contributed by atoms with E-state index in [1.54, 1.807) is 0 Å². The highest BCUT2D eigenvalue weighted by atomic mass is 19.4. The Balaban J connectivity index is 1.91. The Bertz CT molecular complexity index is 403. The molecule has 1 aliphatic carbocycles. The van der Waals surface area contributed by atoms with Gasteiger partial charge in [-0.25, -0.2) is 4.98 Å². The molecule has 0 bridgehead atoms. The zero-order valence-corrected chi connectivity index (χ0v) is 10.00. The van der Waals surface area contributed by atoms with Crippen molar-refractivity contribution in [2.45, 2.75) is 25.1 Å². The van der Waals surface area contributed by atoms with Crippen molar-refractivity contribution in [1.82, 2.24) is 10.3 Å². The SMILES string of the molecule is CNCC1CC(Oc2cc(C(F)(F)F)ccn2)C1. The van der Waals surface area contributed by atoms with Gasteiger partial charge in [-0.3, -0.25) is 0 Å². The topological polar surface area (TPSA) is 34.1 Å². The number of aromatic nitrogens is 1. The maximum atomic E-state index is 12.5. The quantitative estimate of drug-likeness (QED) is 0.903. The molecule has 0 amide bonds. The molecule has 0 aliphatic heterocycles. The molecular weight excluding hydrogens is 245 g/mol. The van der Waals surface area contributed by atoms with Crippen molar-refractivity contribution >= 4 is 0 Å². The third-order valence-corrected chi connectivity index (χ3v) is 3.03. The number of nitrogens with one attached hydrogen (secondary N) is 1. The molecule has 0 radical (unpaired) electrons. The Morgan fingerprint density at radius 1 is 1.44 bits per heavy atom. The van der Waals surface area contributed by atoms with E-state index in [-0.39, 0.29) is 12.0 Å². The van der Waals surface area contributed by atoms with Crippen LogP contribution in [0.5, 0.6) is 5.88 Å². The second kappa shape index (κ2) is 5.14. The molecule has 18 heavy (non-hydrogen) atoms. The normalized spacial score (nSPS) is 23.6. The molecule has 2 rings (SSSR count). The molecule has 1 N–H and O–H groups in total. The van der Waals surface area contributed by atoms with Crippen LogP contribution in [0.1, 0.15) is 18.4 Å². The summed E-state index contributed by atoms with van der Waals surface area (Å²) in [7, 11) is 1.88. The summed E-state index contributed by atoms with van der Waals surface area (Å²) in [4.78, 5) is 3.81. The first-order valence-electron chi connectivity index (χ1n) is 5.83. The molecule has 100 valence electrons. The lowest BCUT2D eigenvalue weighted by Crippen LogP contribution is -2.38. The van der Waals surface area contributed by atoms with E-state index in [2.05, 4.69) is 10.3 Å². The number of rotatable bonds is 4. The number of hydrogen-bond donors (Lipinski definition) is 1. The van der Waals surface area contributed by atoms with Crippen LogP contribution in [0.25, 0.3) is 0 Å². The van der Waals surface area contributed by atoms with Gasteiger partial charge in [0.25, 0.3) is 0 Å². The van der Waals surface area contributed by atoms with Crippen molar-refractivity contribution in [3.63, 3.8) is 0 Å². The smallest absolute Gasteiger partial charge is 0.416 e. The largest absolute Gasteiger partial charge is 0.474 e. The fraction of sp³-hybridized carbons (Fsp3) is 0.583. The van der Waals surface area contributed by atoms with E-state index in [0.717, 1.165) is 37.7 Å². The van der Waals surface area contributed by atoms with Gasteiger partial charge in [0.2, 0.25) is 5.88 Å². The summed E-state index contributed by atoms with van der Waals surface area (Å²) in [5, 5.41) is 3.06. The van der Waals surface area contributed by atoms with Crippen LogP contribution in [0, 0.1) is 5.92 Å². The van der Waals surface area contributed by atoms with Crippen molar-refractivity contribution < 1.29 is 17.9 Å². The fourth-order valence-corrected chi connectivity index (χ4v) is 2.05. The molecule has 1 saturated carbocycles. The van der Waals surface area contributed by atoms with Gasteiger partial charge in [0, 0.05) is 12.3 Å². The standard InChI is InChI=1S/C12H15F3N2O/c1-16-7-8-4-10(5-8)18-11-6-9(2-3-17-11)12(13,14)15/h2-3,6,8,10,16H,4-5,7H2,1H3. The van der Waals surface area contributed by atoms with E-state index < -0.39 is 11.7 Å². The van der Waals surface area contributed by atoms with Gasteiger partial charge >= 0.3 is 6.18 Å². The summed E-state index contributed by atoms with van der Waals surface area (Å²) >= 11 is 0. The number of pyridine rings is 1. The summed E-state index contributed by atoms with van der Waals surface area (Å²) < 4.78 is 42.8. The number of hydrogen-bond acceptors (Lipinski definition) is 3. The van der Waals surface area contributed by atoms with Crippen molar-refractivity contribution in [3.05, 3.63) is 23.9 Å². The van der Waals surface area contributed by atoms with Crippen molar-refractivity contribution in [3.8, 4) is 5.88 Å². The van der Waals surface area contributed by atoms with Gasteiger partial charge in [-0.2, -0.15) is 13.2 Å². The average molecular weight is 260 g/mol. The monoisotopic (exact) mass is 260 g/mol. The Labute approximate surface area is 103 Å². The molecule has 0 aromatic carbocycles. The van der Waals surface area contributed by atoms with Crippen LogP contribution in [0.2, 0.25) is 0 Å². The van der Waals surface area contributed by atoms with Gasteiger partial charge in [-0.05, 0) is 38.4 Å². The van der Waals surface area contributed by atoms with Crippen LogP contribution >= 0.6 is 0 Å². The number of alkyl halides is 3. The molecule has 6 heteroatoms. The first kappa shape index (κ1) is 13.1. The summed E-state index contributed by atoms with van der Waals surface area (Å²) in [5.74, 6) is 0.600. The van der Waals surface area contributed by atoms with Crippen molar-refractivity contribution in [1.29, 1.82) is 0 Å². The zero-order chi connectivity index (χ0) is 13.2. The van der Waals surface area contributed by atoms with Gasteiger partial charge in [-0.15, -0.1) is 0 Å². The van der Waals surface area contributed by atoms with Crippen LogP contribution in [0.4, 0.5) is 13.2 Å². The van der Waals surface area contributed by atoms with E-state index >= 15 is 0 Å². The third kappa shape index (κ3) is 3.13. The molecule has 0 saturated heterocycles. The average Bonchev–Trinajstić information content (AvgIpc) is 2.26. The molecule has 3 nitrogen and oxygen atoms in total. The predicted molar refractivity (Wildman–Crippen MR) is 60.3 cm³/mol. The van der Waals surface area contributed by atoms with Crippen LogP contribution in [0.3, 0.4) is 0 Å². The van der Waals surface area contributed by atoms with Crippen molar-refractivity contribution in [2.75, 3.05) is 13.6 Å². The first-order chi connectivity index (χ1) is 8.49. The molecule has 0 atom stereocenters. The van der Waals surface area contributed by atoms with Crippen LogP contribution < -0.4 is 10.1 Å². The lowest BCUT2D eigenvalue weighted by atomic mass is 9.82. The number of nitrogens with zero attached hydrogens (tertiary/aromatic N) is 1. The maximum absolute atomic E-state index is 12.5. The highest BCUT2D eigenvalue weighted by Gasteiger charge is 2.33. The number of ether oxygens (including phenoxy) is 1. The van der Waals surface area contributed by atoms with E-state index in [0.29, 0.717) is 5.92 Å². The van der Waals surface area contributed by atoms with Crippen molar-refractivity contribution in [2.24, 2.45) is 5.92 Å². The van der Waals surface area contributed by atoms with E-state index in [1.165, 1.54) is 0 Å². The summed E-state index contributed by atoms with van der Waals surface area (Å²) in [6, 6.07) is 1.89. The van der Waals surface area contributed by atoms with E-state index in [1.807, 2.05) is 7.05 Å². The van der Waals surface area contributed by atoms with Gasteiger partial charge < -0.3 is 10.1 Å². The highest BCUT2D eigenvalue weighted by molar-refractivity contribution is 5.23. The molecule has 0 unspecified atom stereocenters. The fourth-order valence-electron chi connectivity index (χ4n) is 2.05. The lowest BCUT2D eigenvalue weighted by Gasteiger charge is -2.34. The molecule has 1 aromatic rings. The molecule has 1 heterocycles. The molecule has 0 spiro atoms. The Morgan fingerprint density at radius 2 is 2.17 bits per heavy atom. The van der Waals surface area contributed by atoms with E-state index in [9.17, 15) is 13.2 Å². The minimum Gasteiger partial charge on any atom is -0.474 e. The molecule has 1 fully saturated rings. The minimum atomic E-state index is -4.35. The molecule has 1 aliphatic rings. The van der Waals surface area contributed by atoms with Crippen LogP contribution in [-0.2, 0) is 6.18 Å². The Hall–Kier alpha value is -1.30. The zero-order valence-electron chi connectivity index (χ0n) is 10.00. The minimum absolute atomic E-state index is 0.0145. The summed E-state index contributed by atoms with van der Waals surface area (Å²) in [6.45, 7) is 0.913.